The molecule has 4 aromatic rings. The number of para-hydroxylation sites is 1. The average Bonchev–Trinajstić information content (AvgIpc) is 3.25. The van der Waals surface area contributed by atoms with Gasteiger partial charge in [-0.05, 0) is 36.4 Å². The number of likely N-dealkylation sites (N-methyl/N-ethyl adjacent to an activating group) is 1. The van der Waals surface area contributed by atoms with Crippen LogP contribution < -0.4 is 10.2 Å². The summed E-state index contributed by atoms with van der Waals surface area (Å²) in [6.07, 6.45) is -1.40. The molecule has 2 N–H and O–H groups in total. The Morgan fingerprint density at radius 1 is 0.971 bits per heavy atom. The Morgan fingerprint density at radius 3 is 2.44 bits per heavy atom. The van der Waals surface area contributed by atoms with Crippen LogP contribution in [-0.2, 0) is 4.79 Å². The number of hydrogen-bond donors (Lipinski definition) is 2. The zero-order valence-corrected chi connectivity index (χ0v) is 17.8. The summed E-state index contributed by atoms with van der Waals surface area (Å²) in [6, 6.07) is 16.3. The van der Waals surface area contributed by atoms with Crippen molar-refractivity contribution in [1.29, 1.82) is 0 Å². The Morgan fingerprint density at radius 2 is 1.68 bits per heavy atom. The number of benzene rings is 3. The van der Waals surface area contributed by atoms with E-state index in [1.165, 1.54) is 36.2 Å². The van der Waals surface area contributed by atoms with E-state index in [2.05, 4.69) is 15.3 Å². The summed E-state index contributed by atoms with van der Waals surface area (Å²) in [6.45, 7) is 0. The first-order valence-electron chi connectivity index (χ1n) is 10.3. The number of nitrogens with zero attached hydrogens (tertiary/aromatic N) is 2. The third-order valence-corrected chi connectivity index (χ3v) is 5.68. The van der Waals surface area contributed by atoms with Crippen molar-refractivity contribution in [2.45, 2.75) is 6.17 Å². The van der Waals surface area contributed by atoms with Gasteiger partial charge in [-0.1, -0.05) is 30.3 Å². The van der Waals surface area contributed by atoms with E-state index in [1.54, 1.807) is 30.3 Å². The molecule has 1 aliphatic heterocycles. The second kappa shape index (κ2) is 8.18. The maximum absolute atomic E-state index is 14.7. The first kappa shape index (κ1) is 21.4. The van der Waals surface area contributed by atoms with Crippen molar-refractivity contribution in [1.82, 2.24) is 10.3 Å². The van der Waals surface area contributed by atoms with Gasteiger partial charge in [0.1, 0.15) is 11.5 Å². The Labute approximate surface area is 191 Å². The van der Waals surface area contributed by atoms with E-state index in [4.69, 9.17) is 0 Å². The second-order valence-electron chi connectivity index (χ2n) is 7.75. The molecule has 2 amide bonds. The predicted octanol–water partition coefficient (Wildman–Crippen LogP) is 4.16. The van der Waals surface area contributed by atoms with Crippen molar-refractivity contribution >= 4 is 34.1 Å². The molecule has 1 atom stereocenters. The summed E-state index contributed by atoms with van der Waals surface area (Å²) in [5.41, 5.74) is 1.51. The lowest BCUT2D eigenvalue weighted by Crippen LogP contribution is -2.46. The van der Waals surface area contributed by atoms with Crippen LogP contribution in [0.25, 0.3) is 10.9 Å². The Balaban J connectivity index is 1.58. The van der Waals surface area contributed by atoms with Gasteiger partial charge in [-0.2, -0.15) is 0 Å². The minimum Gasteiger partial charge on any atom is -0.350 e. The van der Waals surface area contributed by atoms with Gasteiger partial charge in [-0.25, -0.2) is 18.2 Å². The molecule has 1 aromatic heterocycles. The van der Waals surface area contributed by atoms with Crippen molar-refractivity contribution in [3.63, 3.8) is 0 Å². The molecule has 0 fully saturated rings. The van der Waals surface area contributed by atoms with E-state index in [1.807, 2.05) is 0 Å². The van der Waals surface area contributed by atoms with Crippen molar-refractivity contribution < 1.29 is 22.8 Å². The number of aromatic amines is 1. The summed E-state index contributed by atoms with van der Waals surface area (Å²) in [5, 5.41) is 2.42. The number of carbonyl (C=O) groups excluding carboxylic acids is 2. The highest BCUT2D eigenvalue weighted by Crippen LogP contribution is 2.28. The molecule has 0 saturated carbocycles. The molecule has 5 rings (SSSR count). The van der Waals surface area contributed by atoms with Gasteiger partial charge < -0.3 is 15.2 Å². The number of rotatable bonds is 3. The summed E-state index contributed by atoms with van der Waals surface area (Å²) < 4.78 is 42.3. The van der Waals surface area contributed by atoms with E-state index in [9.17, 15) is 22.8 Å². The fourth-order valence-corrected chi connectivity index (χ4v) is 3.95. The minimum absolute atomic E-state index is 0.0839. The van der Waals surface area contributed by atoms with Gasteiger partial charge in [-0.3, -0.25) is 9.59 Å². The van der Waals surface area contributed by atoms with E-state index < -0.39 is 35.4 Å². The van der Waals surface area contributed by atoms with Gasteiger partial charge in [0.15, 0.2) is 11.6 Å². The molecule has 34 heavy (non-hydrogen) atoms. The molecule has 170 valence electrons. The number of aromatic nitrogens is 1. The fourth-order valence-electron chi connectivity index (χ4n) is 3.95. The lowest BCUT2D eigenvalue weighted by molar-refractivity contribution is -0.119. The first-order valence-corrected chi connectivity index (χ1v) is 10.3. The summed E-state index contributed by atoms with van der Waals surface area (Å²) >= 11 is 0. The zero-order chi connectivity index (χ0) is 24.0. The first-order chi connectivity index (χ1) is 16.3. The van der Waals surface area contributed by atoms with Crippen LogP contribution in [0.1, 0.15) is 21.6 Å². The Bertz CT molecular complexity index is 1490. The molecule has 1 unspecified atom stereocenters. The number of benzodiazepines with no additional fused rings is 1. The number of carbonyl (C=O) groups is 2. The number of amides is 2. The molecule has 6 nitrogen and oxygen atoms in total. The molecule has 0 radical (unpaired) electrons. The number of fused-ring (bicyclic) bond motifs is 2. The van der Waals surface area contributed by atoms with E-state index in [0.717, 1.165) is 12.1 Å². The summed E-state index contributed by atoms with van der Waals surface area (Å²) in [7, 11) is 1.53. The van der Waals surface area contributed by atoms with Crippen LogP contribution in [-0.4, -0.2) is 35.7 Å². The molecule has 0 aliphatic carbocycles. The largest absolute Gasteiger partial charge is 0.350 e. The normalized spacial score (nSPS) is 15.6. The number of nitrogens with one attached hydrogen (secondary N) is 2. The van der Waals surface area contributed by atoms with Gasteiger partial charge in [0, 0.05) is 29.1 Å². The average molecular weight is 462 g/mol. The van der Waals surface area contributed by atoms with E-state index >= 15 is 0 Å². The predicted molar refractivity (Wildman–Crippen MR) is 121 cm³/mol. The van der Waals surface area contributed by atoms with Gasteiger partial charge in [0.25, 0.3) is 11.8 Å². The maximum atomic E-state index is 14.7. The van der Waals surface area contributed by atoms with Crippen LogP contribution in [0, 0.1) is 17.5 Å². The lowest BCUT2D eigenvalue weighted by atomic mass is 10.00. The van der Waals surface area contributed by atoms with Crippen LogP contribution in [0.2, 0.25) is 0 Å². The summed E-state index contributed by atoms with van der Waals surface area (Å²) in [5.74, 6) is -3.98. The Hall–Kier alpha value is -4.40. The van der Waals surface area contributed by atoms with Crippen molar-refractivity contribution in [2.24, 2.45) is 4.99 Å². The van der Waals surface area contributed by atoms with Crippen LogP contribution in [0.4, 0.5) is 18.9 Å². The standard InChI is InChI=1S/C25H17F3N4O2/c1-32-20-9-5-3-7-14(20)22(13-6-2-4-8-16(13)26)30-23(25(32)34)31-24(33)19-12-15-18(29-19)11-10-17(27)21(15)28/h2-12,23,29H,1H3,(H,31,33). The molecule has 0 spiro atoms. The Kier molecular flexibility index (Phi) is 5.16. The van der Waals surface area contributed by atoms with E-state index in [0.29, 0.717) is 11.3 Å². The number of anilines is 1. The molecule has 9 heteroatoms. The molecular weight excluding hydrogens is 445 g/mol. The van der Waals surface area contributed by atoms with Crippen LogP contribution in [0.3, 0.4) is 0 Å². The van der Waals surface area contributed by atoms with Gasteiger partial charge in [0.05, 0.1) is 11.4 Å². The van der Waals surface area contributed by atoms with Crippen molar-refractivity contribution in [2.75, 3.05) is 11.9 Å². The lowest BCUT2D eigenvalue weighted by Gasteiger charge is -2.20. The minimum atomic E-state index is -1.40. The molecule has 0 saturated heterocycles. The van der Waals surface area contributed by atoms with Crippen molar-refractivity contribution in [3.05, 3.63) is 101 Å². The van der Waals surface area contributed by atoms with Crippen LogP contribution in [0.5, 0.6) is 0 Å². The number of H-pyrrole nitrogens is 1. The van der Waals surface area contributed by atoms with Gasteiger partial charge >= 0.3 is 0 Å². The highest BCUT2D eigenvalue weighted by atomic mass is 19.2. The fraction of sp³-hybridized carbons (Fsp3) is 0.0800. The molecule has 0 bridgehead atoms. The maximum Gasteiger partial charge on any atom is 0.272 e. The quantitative estimate of drug-likeness (QED) is 0.480. The highest BCUT2D eigenvalue weighted by molar-refractivity contribution is 6.20. The monoisotopic (exact) mass is 462 g/mol. The number of hydrogen-bond acceptors (Lipinski definition) is 3. The van der Waals surface area contributed by atoms with Gasteiger partial charge in [0.2, 0.25) is 6.17 Å². The zero-order valence-electron chi connectivity index (χ0n) is 17.8. The van der Waals surface area contributed by atoms with Crippen molar-refractivity contribution in [3.8, 4) is 0 Å². The highest BCUT2D eigenvalue weighted by Gasteiger charge is 2.32. The molecule has 1 aliphatic rings. The molecule has 2 heterocycles. The summed E-state index contributed by atoms with van der Waals surface area (Å²) in [4.78, 5) is 34.6. The third-order valence-electron chi connectivity index (χ3n) is 5.68. The molecular formula is C25H17F3N4O2. The van der Waals surface area contributed by atoms with Gasteiger partial charge in [-0.15, -0.1) is 0 Å². The molecule has 3 aromatic carbocycles. The van der Waals surface area contributed by atoms with E-state index in [-0.39, 0.29) is 27.9 Å². The second-order valence-corrected chi connectivity index (χ2v) is 7.75. The number of aliphatic imine (C=N–C) groups is 1. The smallest absolute Gasteiger partial charge is 0.272 e. The number of halogens is 3. The SMILES string of the molecule is CN1C(=O)C(NC(=O)c2cc3c(F)c(F)ccc3[nH]2)N=C(c2ccccc2F)c2ccccc21. The van der Waals surface area contributed by atoms with Crippen LogP contribution >= 0.6 is 0 Å². The third kappa shape index (κ3) is 3.51. The van der Waals surface area contributed by atoms with Crippen LogP contribution in [0.15, 0.2) is 71.7 Å². The topological polar surface area (TPSA) is 77.6 Å².